The van der Waals surface area contributed by atoms with Crippen molar-refractivity contribution in [3.63, 3.8) is 0 Å². The van der Waals surface area contributed by atoms with E-state index in [1.165, 1.54) is 0 Å². The predicted octanol–water partition coefficient (Wildman–Crippen LogP) is -0.228. The highest BCUT2D eigenvalue weighted by atomic mass is 16.4. The molecule has 0 aliphatic heterocycles. The van der Waals surface area contributed by atoms with E-state index in [1.54, 1.807) is 6.92 Å². The molecule has 2 rings (SSSR count). The Morgan fingerprint density at radius 1 is 1.53 bits per heavy atom. The maximum Gasteiger partial charge on any atom is 0.307 e. The number of hydrogen-bond acceptors (Lipinski definition) is 4. The first kappa shape index (κ1) is 9.63. The fourth-order valence-corrected chi connectivity index (χ4v) is 1.36. The van der Waals surface area contributed by atoms with Crippen molar-refractivity contribution in [3.05, 3.63) is 5.82 Å². The molecular weight excluding hydrogens is 200 g/mol. The smallest absolute Gasteiger partial charge is 0.307 e. The van der Waals surface area contributed by atoms with Gasteiger partial charge in [-0.15, -0.1) is 5.10 Å². The van der Waals surface area contributed by atoms with Crippen molar-refractivity contribution in [2.45, 2.75) is 13.3 Å². The zero-order valence-corrected chi connectivity index (χ0v) is 8.02. The second kappa shape index (κ2) is 3.34. The Balaban J connectivity index is 1.92. The molecule has 3 N–H and O–H groups in total. The normalized spacial score (nSPS) is 23.5. The van der Waals surface area contributed by atoms with Gasteiger partial charge in [-0.25, -0.2) is 0 Å². The molecule has 0 bridgehead atoms. The van der Waals surface area contributed by atoms with Gasteiger partial charge in [-0.05, 0) is 13.3 Å². The number of anilines is 1. The number of H-pyrrole nitrogens is 1. The van der Waals surface area contributed by atoms with Gasteiger partial charge < -0.3 is 5.11 Å². The summed E-state index contributed by atoms with van der Waals surface area (Å²) in [5.41, 5.74) is 0. The van der Waals surface area contributed by atoms with E-state index in [-0.39, 0.29) is 11.9 Å². The summed E-state index contributed by atoms with van der Waals surface area (Å²) in [5.74, 6) is -1.47. The van der Waals surface area contributed by atoms with Gasteiger partial charge in [0.25, 0.3) is 0 Å². The van der Waals surface area contributed by atoms with Crippen LogP contribution < -0.4 is 5.32 Å². The Morgan fingerprint density at radius 2 is 2.27 bits per heavy atom. The molecule has 7 heteroatoms. The third kappa shape index (κ3) is 1.95. The van der Waals surface area contributed by atoms with E-state index in [2.05, 4.69) is 20.5 Å². The summed E-state index contributed by atoms with van der Waals surface area (Å²) in [6.07, 6.45) is 0.393. The van der Waals surface area contributed by atoms with Crippen LogP contribution in [0.2, 0.25) is 0 Å². The van der Waals surface area contributed by atoms with Crippen molar-refractivity contribution in [3.8, 4) is 0 Å². The number of carboxylic acids is 1. The van der Waals surface area contributed by atoms with Crippen LogP contribution in [0.3, 0.4) is 0 Å². The molecule has 15 heavy (non-hydrogen) atoms. The lowest BCUT2D eigenvalue weighted by atomic mass is 10.3. The van der Waals surface area contributed by atoms with Gasteiger partial charge in [0, 0.05) is 0 Å². The lowest BCUT2D eigenvalue weighted by Gasteiger charge is -1.97. The van der Waals surface area contributed by atoms with Crippen LogP contribution in [-0.2, 0) is 9.59 Å². The third-order valence-electron chi connectivity index (χ3n) is 2.28. The Bertz CT molecular complexity index is 414. The molecule has 2 atom stereocenters. The lowest BCUT2D eigenvalue weighted by molar-refractivity contribution is -0.139. The summed E-state index contributed by atoms with van der Waals surface area (Å²) in [4.78, 5) is 25.8. The van der Waals surface area contributed by atoms with Gasteiger partial charge in [-0.3, -0.25) is 20.0 Å². The minimum Gasteiger partial charge on any atom is -0.481 e. The lowest BCUT2D eigenvalue weighted by Crippen LogP contribution is -2.17. The second-order valence-electron chi connectivity index (χ2n) is 3.52. The Morgan fingerprint density at radius 3 is 2.73 bits per heavy atom. The molecule has 1 fully saturated rings. The van der Waals surface area contributed by atoms with Crippen molar-refractivity contribution in [2.24, 2.45) is 11.8 Å². The summed E-state index contributed by atoms with van der Waals surface area (Å²) in [6, 6.07) is 0. The highest BCUT2D eigenvalue weighted by Gasteiger charge is 2.48. The molecule has 1 amide bonds. The van der Waals surface area contributed by atoms with Gasteiger partial charge in [0.1, 0.15) is 5.82 Å². The van der Waals surface area contributed by atoms with E-state index >= 15 is 0 Å². The average Bonchev–Trinajstić information content (AvgIpc) is 2.86. The third-order valence-corrected chi connectivity index (χ3v) is 2.28. The van der Waals surface area contributed by atoms with Crippen LogP contribution in [-0.4, -0.2) is 32.2 Å². The quantitative estimate of drug-likeness (QED) is 0.638. The van der Waals surface area contributed by atoms with Crippen LogP contribution in [0.15, 0.2) is 0 Å². The monoisotopic (exact) mass is 210 g/mol. The number of nitrogens with one attached hydrogen (secondary N) is 2. The number of nitrogens with zero attached hydrogens (tertiary/aromatic N) is 2. The topological polar surface area (TPSA) is 108 Å². The second-order valence-corrected chi connectivity index (χ2v) is 3.52. The Labute approximate surface area is 84.9 Å². The fourth-order valence-electron chi connectivity index (χ4n) is 1.36. The van der Waals surface area contributed by atoms with E-state index < -0.39 is 17.8 Å². The van der Waals surface area contributed by atoms with Crippen LogP contribution in [0.25, 0.3) is 0 Å². The van der Waals surface area contributed by atoms with Gasteiger partial charge in [0.2, 0.25) is 11.9 Å². The molecule has 0 spiro atoms. The standard InChI is InChI=1S/C8H10N4O3/c1-3-9-8(12-11-3)10-6(13)4-2-5(4)7(14)15/h4-5H,2H2,1H3,(H,14,15)(H2,9,10,11,12,13). The Hall–Kier alpha value is -1.92. The molecule has 1 aliphatic rings. The van der Waals surface area contributed by atoms with Crippen molar-refractivity contribution in [1.82, 2.24) is 15.2 Å². The number of aliphatic carboxylic acids is 1. The first-order valence-electron chi connectivity index (χ1n) is 4.50. The number of aryl methyl sites for hydroxylation is 1. The van der Waals surface area contributed by atoms with Gasteiger partial charge in [-0.1, -0.05) is 0 Å². The summed E-state index contributed by atoms with van der Waals surface area (Å²) >= 11 is 0. The molecule has 1 saturated carbocycles. The molecule has 0 radical (unpaired) electrons. The van der Waals surface area contributed by atoms with Gasteiger partial charge >= 0.3 is 5.97 Å². The first-order valence-corrected chi connectivity index (χ1v) is 4.50. The van der Waals surface area contributed by atoms with E-state index in [4.69, 9.17) is 5.11 Å². The molecule has 2 unspecified atom stereocenters. The van der Waals surface area contributed by atoms with Crippen molar-refractivity contribution >= 4 is 17.8 Å². The van der Waals surface area contributed by atoms with E-state index in [9.17, 15) is 9.59 Å². The van der Waals surface area contributed by atoms with Crippen molar-refractivity contribution in [1.29, 1.82) is 0 Å². The Kier molecular flexibility index (Phi) is 2.14. The number of aromatic nitrogens is 3. The zero-order chi connectivity index (χ0) is 11.0. The van der Waals surface area contributed by atoms with Crippen LogP contribution in [0, 0.1) is 18.8 Å². The molecule has 1 heterocycles. The van der Waals surface area contributed by atoms with E-state index in [0.717, 1.165) is 0 Å². The summed E-state index contributed by atoms with van der Waals surface area (Å²) in [5, 5.41) is 17.4. The summed E-state index contributed by atoms with van der Waals surface area (Å²) < 4.78 is 0. The van der Waals surface area contributed by atoms with E-state index in [1.807, 2.05) is 0 Å². The van der Waals surface area contributed by atoms with Crippen LogP contribution in [0.4, 0.5) is 5.95 Å². The maximum atomic E-state index is 11.4. The largest absolute Gasteiger partial charge is 0.481 e. The summed E-state index contributed by atoms with van der Waals surface area (Å²) in [7, 11) is 0. The summed E-state index contributed by atoms with van der Waals surface area (Å²) in [6.45, 7) is 1.71. The van der Waals surface area contributed by atoms with Crippen LogP contribution in [0.1, 0.15) is 12.2 Å². The molecular formula is C8H10N4O3. The molecule has 1 aromatic heterocycles. The van der Waals surface area contributed by atoms with Crippen LogP contribution >= 0.6 is 0 Å². The molecule has 1 aromatic rings. The SMILES string of the molecule is Cc1nc(NC(=O)C2CC2C(=O)O)n[nH]1. The number of rotatable bonds is 3. The number of aromatic amines is 1. The number of hydrogen-bond donors (Lipinski definition) is 3. The fraction of sp³-hybridized carbons (Fsp3) is 0.500. The first-order chi connectivity index (χ1) is 7.08. The van der Waals surface area contributed by atoms with Crippen molar-refractivity contribution < 1.29 is 14.7 Å². The maximum absolute atomic E-state index is 11.4. The minimum absolute atomic E-state index is 0.188. The van der Waals surface area contributed by atoms with Crippen molar-refractivity contribution in [2.75, 3.05) is 5.32 Å². The van der Waals surface area contributed by atoms with Gasteiger partial charge in [0.05, 0.1) is 11.8 Å². The molecule has 0 aromatic carbocycles. The number of carbonyl (C=O) groups excluding carboxylic acids is 1. The van der Waals surface area contributed by atoms with Gasteiger partial charge in [-0.2, -0.15) is 4.98 Å². The van der Waals surface area contributed by atoms with Gasteiger partial charge in [0.15, 0.2) is 0 Å². The highest BCUT2D eigenvalue weighted by molar-refractivity contribution is 5.97. The van der Waals surface area contributed by atoms with Crippen LogP contribution in [0.5, 0.6) is 0 Å². The zero-order valence-electron chi connectivity index (χ0n) is 8.02. The number of carboxylic acid groups (broad SMARTS) is 1. The predicted molar refractivity (Wildman–Crippen MR) is 49.0 cm³/mol. The molecule has 80 valence electrons. The number of amides is 1. The molecule has 0 saturated heterocycles. The molecule has 7 nitrogen and oxygen atoms in total. The number of carbonyl (C=O) groups is 2. The minimum atomic E-state index is -0.929. The molecule has 1 aliphatic carbocycles. The highest BCUT2D eigenvalue weighted by Crippen LogP contribution is 2.39. The average molecular weight is 210 g/mol. The van der Waals surface area contributed by atoms with E-state index in [0.29, 0.717) is 12.2 Å².